The summed E-state index contributed by atoms with van der Waals surface area (Å²) >= 11 is 29.1. The number of nitrogens with zero attached hydrogens (tertiary/aromatic N) is 1. The molecule has 2 atom stereocenters. The van der Waals surface area contributed by atoms with Gasteiger partial charge in [0.25, 0.3) is 0 Å². The first kappa shape index (κ1) is 25.1. The van der Waals surface area contributed by atoms with Gasteiger partial charge in [0.1, 0.15) is 6.61 Å². The Morgan fingerprint density at radius 1 is 1.19 bits per heavy atom. The second-order valence-corrected chi connectivity index (χ2v) is 9.70. The van der Waals surface area contributed by atoms with Crippen LogP contribution in [0.15, 0.2) is 18.2 Å². The zero-order valence-corrected chi connectivity index (χ0v) is 19.3. The summed E-state index contributed by atoms with van der Waals surface area (Å²) in [5.74, 6) is 0. The summed E-state index contributed by atoms with van der Waals surface area (Å²) < 4.78 is 3.49. The Hall–Kier alpha value is 0.0300. The minimum absolute atomic E-state index is 0. The second kappa shape index (κ2) is 11.3. The molecule has 1 aromatic rings. The van der Waals surface area contributed by atoms with Gasteiger partial charge >= 0.3 is 6.09 Å². The van der Waals surface area contributed by atoms with E-state index in [1.807, 2.05) is 6.07 Å². The number of nitrogens with one attached hydrogen (secondary N) is 1. The number of rotatable bonds is 4. The number of hydrogen-bond donors (Lipinski definition) is 1. The van der Waals surface area contributed by atoms with Gasteiger partial charge in [0.15, 0.2) is 0 Å². The predicted molar refractivity (Wildman–Crippen MR) is 117 cm³/mol. The molecule has 1 aliphatic carbocycles. The molecular weight excluding hydrogens is 477 g/mol. The van der Waals surface area contributed by atoms with Crippen LogP contribution in [-0.4, -0.2) is 40.5 Å². The molecule has 0 heterocycles. The lowest BCUT2D eigenvalue weighted by molar-refractivity contribution is 0.0930. The van der Waals surface area contributed by atoms with Gasteiger partial charge in [-0.2, -0.15) is 0 Å². The van der Waals surface area contributed by atoms with Crippen molar-refractivity contribution in [3.8, 4) is 0 Å². The maximum Gasteiger partial charge on any atom is 0.409 e. The molecule has 0 aromatic heterocycles. The van der Waals surface area contributed by atoms with Gasteiger partial charge in [-0.3, -0.25) is 0 Å². The molecule has 1 N–H and O–H groups in total. The van der Waals surface area contributed by atoms with Crippen molar-refractivity contribution in [2.45, 2.75) is 48.0 Å². The van der Waals surface area contributed by atoms with Crippen molar-refractivity contribution in [3.05, 3.63) is 28.2 Å². The van der Waals surface area contributed by atoms with Crippen LogP contribution in [0.4, 0.5) is 10.5 Å². The summed E-state index contributed by atoms with van der Waals surface area (Å²) in [4.78, 5) is 13.9. The summed E-state index contributed by atoms with van der Waals surface area (Å²) in [6.07, 6.45) is 4.50. The summed E-state index contributed by atoms with van der Waals surface area (Å²) in [6.45, 7) is -0.293. The number of alkyl halides is 3. The zero-order valence-electron chi connectivity index (χ0n) is 14.7. The molecular formula is C17H22Cl6N2O2. The predicted octanol–water partition coefficient (Wildman–Crippen LogP) is 6.97. The van der Waals surface area contributed by atoms with Gasteiger partial charge in [0.05, 0.1) is 16.1 Å². The highest BCUT2D eigenvalue weighted by atomic mass is 35.6. The molecule has 1 aromatic carbocycles. The van der Waals surface area contributed by atoms with E-state index < -0.39 is 9.89 Å². The molecule has 0 radical (unpaired) electrons. The van der Waals surface area contributed by atoms with Gasteiger partial charge in [0, 0.05) is 18.8 Å². The number of likely N-dealkylation sites (N-methyl/N-ethyl adjacent to an activating group) is 1. The number of carbonyl (C=O) groups is 1. The number of carbonyl (C=O) groups excluding carboxylic acids is 1. The Bertz CT molecular complexity index is 626. The summed E-state index contributed by atoms with van der Waals surface area (Å²) in [7, 11) is 1.71. The first-order chi connectivity index (χ1) is 12.2. The van der Waals surface area contributed by atoms with Crippen LogP contribution in [0.1, 0.15) is 32.1 Å². The van der Waals surface area contributed by atoms with Gasteiger partial charge in [-0.05, 0) is 31.0 Å². The van der Waals surface area contributed by atoms with Crippen molar-refractivity contribution < 1.29 is 9.53 Å². The Balaban J connectivity index is 0.00000364. The van der Waals surface area contributed by atoms with E-state index in [1.165, 1.54) is 0 Å². The van der Waals surface area contributed by atoms with E-state index in [2.05, 4.69) is 5.32 Å². The summed E-state index contributed by atoms with van der Waals surface area (Å²) in [6, 6.07) is 5.41. The first-order valence-corrected chi connectivity index (χ1v) is 10.2. The normalized spacial score (nSPS) is 20.2. The van der Waals surface area contributed by atoms with Crippen LogP contribution in [0.2, 0.25) is 10.0 Å². The largest absolute Gasteiger partial charge is 0.445 e. The highest BCUT2D eigenvalue weighted by Crippen LogP contribution is 2.30. The molecule has 0 spiro atoms. The second-order valence-electron chi connectivity index (χ2n) is 6.37. The van der Waals surface area contributed by atoms with Crippen LogP contribution in [0, 0.1) is 0 Å². The van der Waals surface area contributed by atoms with E-state index >= 15 is 0 Å². The van der Waals surface area contributed by atoms with Crippen molar-refractivity contribution in [3.63, 3.8) is 0 Å². The van der Waals surface area contributed by atoms with E-state index in [4.69, 9.17) is 62.7 Å². The molecule has 1 amide bonds. The molecule has 27 heavy (non-hydrogen) atoms. The number of amides is 1. The average molecular weight is 499 g/mol. The van der Waals surface area contributed by atoms with Crippen LogP contribution < -0.4 is 5.32 Å². The van der Waals surface area contributed by atoms with Gasteiger partial charge in [-0.25, -0.2) is 4.79 Å². The third-order valence-electron chi connectivity index (χ3n) is 4.40. The third kappa shape index (κ3) is 8.12. The van der Waals surface area contributed by atoms with Crippen molar-refractivity contribution in [1.82, 2.24) is 4.90 Å². The van der Waals surface area contributed by atoms with E-state index in [9.17, 15) is 4.79 Å². The lowest BCUT2D eigenvalue weighted by Crippen LogP contribution is -2.47. The quantitative estimate of drug-likeness (QED) is 0.360. The van der Waals surface area contributed by atoms with Gasteiger partial charge < -0.3 is 15.0 Å². The SMILES string of the molecule is CN(C(=O)OCC(Cl)(Cl)Cl)[C@@H]1CCCCC[C@H]1Nc1ccc(Cl)c(Cl)c1.Cl. The third-order valence-corrected chi connectivity index (χ3v) is 5.46. The smallest absolute Gasteiger partial charge is 0.409 e. The van der Waals surface area contributed by atoms with Crippen LogP contribution in [-0.2, 0) is 4.74 Å². The Labute approximate surface area is 191 Å². The number of anilines is 1. The number of hydrogen-bond acceptors (Lipinski definition) is 3. The molecule has 10 heteroatoms. The average Bonchev–Trinajstić information content (AvgIpc) is 2.80. The van der Waals surface area contributed by atoms with Crippen LogP contribution >= 0.6 is 70.4 Å². The van der Waals surface area contributed by atoms with Gasteiger partial charge in [0.2, 0.25) is 3.79 Å². The number of halogens is 6. The lowest BCUT2D eigenvalue weighted by Gasteiger charge is -2.34. The molecule has 2 rings (SSSR count). The molecule has 0 aliphatic heterocycles. The molecule has 0 saturated heterocycles. The Kier molecular flexibility index (Phi) is 10.5. The van der Waals surface area contributed by atoms with Crippen molar-refractivity contribution in [2.24, 2.45) is 0 Å². The number of benzene rings is 1. The highest BCUT2D eigenvalue weighted by Gasteiger charge is 2.32. The highest BCUT2D eigenvalue weighted by molar-refractivity contribution is 6.67. The van der Waals surface area contributed by atoms with Crippen LogP contribution in [0.3, 0.4) is 0 Å². The summed E-state index contributed by atoms with van der Waals surface area (Å²) in [5.41, 5.74) is 0.861. The maximum atomic E-state index is 12.4. The molecule has 0 unspecified atom stereocenters. The monoisotopic (exact) mass is 496 g/mol. The van der Waals surface area contributed by atoms with E-state index in [1.54, 1.807) is 24.1 Å². The molecule has 1 saturated carbocycles. The minimum Gasteiger partial charge on any atom is -0.445 e. The first-order valence-electron chi connectivity index (χ1n) is 8.35. The van der Waals surface area contributed by atoms with Crippen LogP contribution in [0.5, 0.6) is 0 Å². The molecule has 1 fully saturated rings. The van der Waals surface area contributed by atoms with Gasteiger partial charge in [-0.15, -0.1) is 12.4 Å². The molecule has 4 nitrogen and oxygen atoms in total. The molecule has 1 aliphatic rings. The fourth-order valence-electron chi connectivity index (χ4n) is 3.10. The Morgan fingerprint density at radius 3 is 2.48 bits per heavy atom. The topological polar surface area (TPSA) is 41.6 Å². The molecule has 0 bridgehead atoms. The minimum atomic E-state index is -1.63. The lowest BCUT2D eigenvalue weighted by atomic mass is 10.0. The van der Waals surface area contributed by atoms with E-state index in [0.29, 0.717) is 10.0 Å². The fourth-order valence-corrected chi connectivity index (χ4v) is 3.56. The van der Waals surface area contributed by atoms with Crippen molar-refractivity contribution in [1.29, 1.82) is 0 Å². The van der Waals surface area contributed by atoms with Crippen molar-refractivity contribution >= 4 is 82.2 Å². The zero-order chi connectivity index (χ0) is 19.3. The maximum absolute atomic E-state index is 12.4. The van der Waals surface area contributed by atoms with E-state index in [0.717, 1.165) is 37.8 Å². The number of ether oxygens (including phenoxy) is 1. The Morgan fingerprint density at radius 2 is 1.85 bits per heavy atom. The standard InChI is InChI=1S/C17H21Cl5N2O2.ClH/c1-24(16(25)26-10-17(20,21)22)15-6-4-2-3-5-14(15)23-11-7-8-12(18)13(19)9-11;/h7-9,14-15,23H,2-6,10H2,1H3;1H/t14-,15-;/m1./s1. The fraction of sp³-hybridized carbons (Fsp3) is 0.588. The van der Waals surface area contributed by atoms with Crippen molar-refractivity contribution in [2.75, 3.05) is 19.0 Å². The van der Waals surface area contributed by atoms with Crippen LogP contribution in [0.25, 0.3) is 0 Å². The van der Waals surface area contributed by atoms with E-state index in [-0.39, 0.29) is 31.1 Å². The summed E-state index contributed by atoms with van der Waals surface area (Å²) in [5, 5.41) is 4.46. The molecule has 154 valence electrons. The van der Waals surface area contributed by atoms with Gasteiger partial charge in [-0.1, -0.05) is 77.3 Å².